The molecule has 0 spiro atoms. The number of aliphatic hydroxyl groups excluding tert-OH is 1. The first kappa shape index (κ1) is 6.42. The van der Waals surface area contributed by atoms with Crippen LogP contribution >= 0.6 is 0 Å². The summed E-state index contributed by atoms with van der Waals surface area (Å²) in [6.45, 7) is 0. The van der Waals surface area contributed by atoms with E-state index in [1.807, 2.05) is 0 Å². The van der Waals surface area contributed by atoms with E-state index in [-0.39, 0.29) is 18.0 Å². The molecule has 1 saturated carbocycles. The summed E-state index contributed by atoms with van der Waals surface area (Å²) in [6, 6.07) is 0. The van der Waals surface area contributed by atoms with Crippen molar-refractivity contribution in [2.45, 2.75) is 25.4 Å². The van der Waals surface area contributed by atoms with Crippen LogP contribution in [-0.2, 0) is 9.59 Å². The van der Waals surface area contributed by atoms with E-state index >= 15 is 0 Å². The topological polar surface area (TPSA) is 54.4 Å². The Labute approximate surface area is 52.7 Å². The molecular formula is C6H8O3. The highest BCUT2D eigenvalue weighted by Crippen LogP contribution is 2.10. The first-order chi connectivity index (χ1) is 4.20. The molecule has 1 aliphatic carbocycles. The lowest BCUT2D eigenvalue weighted by atomic mass is 9.95. The number of ketones is 2. The number of Topliss-reactive ketones (excluding diaryl/α,β-unsaturated/α-hetero) is 2. The van der Waals surface area contributed by atoms with E-state index in [1.54, 1.807) is 0 Å². The lowest BCUT2D eigenvalue weighted by Crippen LogP contribution is -2.28. The minimum Gasteiger partial charge on any atom is -0.385 e. The second-order valence-electron chi connectivity index (χ2n) is 2.24. The Morgan fingerprint density at radius 2 is 2.11 bits per heavy atom. The molecule has 1 N–H and O–H groups in total. The zero-order valence-corrected chi connectivity index (χ0v) is 4.96. The van der Waals surface area contributed by atoms with Crippen molar-refractivity contribution in [1.82, 2.24) is 0 Å². The van der Waals surface area contributed by atoms with Gasteiger partial charge in [-0.2, -0.15) is 0 Å². The average Bonchev–Trinajstić information content (AvgIpc) is 1.80. The van der Waals surface area contributed by atoms with Gasteiger partial charge in [0.25, 0.3) is 0 Å². The van der Waals surface area contributed by atoms with Crippen molar-refractivity contribution in [2.75, 3.05) is 0 Å². The quantitative estimate of drug-likeness (QED) is 0.454. The van der Waals surface area contributed by atoms with Crippen LogP contribution in [0, 0.1) is 0 Å². The number of rotatable bonds is 0. The van der Waals surface area contributed by atoms with Gasteiger partial charge in [0.1, 0.15) is 11.9 Å². The largest absolute Gasteiger partial charge is 0.385 e. The maximum absolute atomic E-state index is 10.5. The van der Waals surface area contributed by atoms with Crippen LogP contribution in [0.3, 0.4) is 0 Å². The first-order valence-corrected chi connectivity index (χ1v) is 2.92. The molecule has 9 heavy (non-hydrogen) atoms. The van der Waals surface area contributed by atoms with Crippen molar-refractivity contribution in [3.05, 3.63) is 0 Å². The molecule has 1 aliphatic rings. The molecule has 0 aromatic heterocycles. The van der Waals surface area contributed by atoms with Gasteiger partial charge in [-0.15, -0.1) is 0 Å². The molecule has 0 heterocycles. The fraction of sp³-hybridized carbons (Fsp3) is 0.667. The van der Waals surface area contributed by atoms with Crippen molar-refractivity contribution in [2.24, 2.45) is 0 Å². The highest BCUT2D eigenvalue weighted by molar-refractivity contribution is 6.03. The molecule has 1 rings (SSSR count). The van der Waals surface area contributed by atoms with E-state index in [4.69, 9.17) is 5.11 Å². The predicted molar refractivity (Wildman–Crippen MR) is 29.9 cm³/mol. The van der Waals surface area contributed by atoms with Gasteiger partial charge in [0, 0.05) is 6.42 Å². The molecule has 0 bridgehead atoms. The van der Waals surface area contributed by atoms with Crippen LogP contribution < -0.4 is 0 Å². The number of aliphatic hydroxyl groups is 1. The number of carbonyl (C=O) groups excluding carboxylic acids is 2. The van der Waals surface area contributed by atoms with Gasteiger partial charge in [0.05, 0.1) is 6.42 Å². The van der Waals surface area contributed by atoms with Crippen LogP contribution in [-0.4, -0.2) is 22.8 Å². The van der Waals surface area contributed by atoms with E-state index in [0.717, 1.165) is 0 Å². The fourth-order valence-corrected chi connectivity index (χ4v) is 0.859. The molecule has 0 saturated heterocycles. The highest BCUT2D eigenvalue weighted by Gasteiger charge is 2.24. The minimum atomic E-state index is -0.873. The monoisotopic (exact) mass is 128 g/mol. The van der Waals surface area contributed by atoms with Crippen molar-refractivity contribution >= 4 is 11.6 Å². The van der Waals surface area contributed by atoms with Crippen LogP contribution in [0.1, 0.15) is 19.3 Å². The summed E-state index contributed by atoms with van der Waals surface area (Å²) in [4.78, 5) is 21.0. The molecule has 0 aliphatic heterocycles. The fourth-order valence-electron chi connectivity index (χ4n) is 0.859. The van der Waals surface area contributed by atoms with Gasteiger partial charge < -0.3 is 5.11 Å². The third kappa shape index (κ3) is 1.36. The van der Waals surface area contributed by atoms with Crippen molar-refractivity contribution in [3.8, 4) is 0 Å². The van der Waals surface area contributed by atoms with Gasteiger partial charge in [-0.25, -0.2) is 0 Å². The molecule has 0 radical (unpaired) electrons. The SMILES string of the molecule is O=C1CC[C@@H](O)C(=O)C1. The number of hydrogen-bond donors (Lipinski definition) is 1. The van der Waals surface area contributed by atoms with Crippen molar-refractivity contribution in [1.29, 1.82) is 0 Å². The molecule has 1 atom stereocenters. The van der Waals surface area contributed by atoms with Crippen LogP contribution in [0.25, 0.3) is 0 Å². The van der Waals surface area contributed by atoms with Crippen LogP contribution in [0.15, 0.2) is 0 Å². The standard InChI is InChI=1S/C6H8O3/c7-4-1-2-5(8)6(9)3-4/h5,8H,1-3H2/t5-/m1/s1. The Morgan fingerprint density at radius 1 is 1.44 bits per heavy atom. The Bertz CT molecular complexity index is 150. The predicted octanol–water partition coefficient (Wildman–Crippen LogP) is -0.331. The third-order valence-corrected chi connectivity index (χ3v) is 1.44. The zero-order chi connectivity index (χ0) is 6.85. The van der Waals surface area contributed by atoms with Gasteiger partial charge in [-0.3, -0.25) is 9.59 Å². The molecule has 0 aromatic rings. The molecular weight excluding hydrogens is 120 g/mol. The van der Waals surface area contributed by atoms with E-state index in [0.29, 0.717) is 12.8 Å². The summed E-state index contributed by atoms with van der Waals surface area (Å²) in [5.41, 5.74) is 0. The summed E-state index contributed by atoms with van der Waals surface area (Å²) in [6.07, 6.45) is -0.270. The summed E-state index contributed by atoms with van der Waals surface area (Å²) in [5.74, 6) is -0.378. The van der Waals surface area contributed by atoms with Crippen LogP contribution in [0.5, 0.6) is 0 Å². The number of carbonyl (C=O) groups is 2. The third-order valence-electron chi connectivity index (χ3n) is 1.44. The Hall–Kier alpha value is -0.700. The van der Waals surface area contributed by atoms with Crippen LogP contribution in [0.4, 0.5) is 0 Å². The summed E-state index contributed by atoms with van der Waals surface area (Å²) in [5, 5.41) is 8.79. The lowest BCUT2D eigenvalue weighted by molar-refractivity contribution is -0.136. The minimum absolute atomic E-state index is 0.0506. The lowest BCUT2D eigenvalue weighted by Gasteiger charge is -2.12. The van der Waals surface area contributed by atoms with Gasteiger partial charge in [0.2, 0.25) is 0 Å². The molecule has 0 aromatic carbocycles. The number of hydrogen-bond acceptors (Lipinski definition) is 3. The maximum Gasteiger partial charge on any atom is 0.168 e. The van der Waals surface area contributed by atoms with E-state index < -0.39 is 6.10 Å². The smallest absolute Gasteiger partial charge is 0.168 e. The van der Waals surface area contributed by atoms with Crippen LogP contribution in [0.2, 0.25) is 0 Å². The molecule has 50 valence electrons. The molecule has 3 nitrogen and oxygen atoms in total. The molecule has 1 fully saturated rings. The second-order valence-corrected chi connectivity index (χ2v) is 2.24. The van der Waals surface area contributed by atoms with E-state index in [2.05, 4.69) is 0 Å². The molecule has 3 heteroatoms. The van der Waals surface area contributed by atoms with E-state index in [1.165, 1.54) is 0 Å². The second kappa shape index (κ2) is 2.27. The Balaban J connectivity index is 2.54. The van der Waals surface area contributed by atoms with Gasteiger partial charge >= 0.3 is 0 Å². The maximum atomic E-state index is 10.5. The first-order valence-electron chi connectivity index (χ1n) is 2.92. The van der Waals surface area contributed by atoms with Gasteiger partial charge in [-0.1, -0.05) is 0 Å². The summed E-state index contributed by atoms with van der Waals surface area (Å²) >= 11 is 0. The van der Waals surface area contributed by atoms with E-state index in [9.17, 15) is 9.59 Å². The van der Waals surface area contributed by atoms with Crippen molar-refractivity contribution < 1.29 is 14.7 Å². The van der Waals surface area contributed by atoms with Crippen molar-refractivity contribution in [3.63, 3.8) is 0 Å². The highest BCUT2D eigenvalue weighted by atomic mass is 16.3. The van der Waals surface area contributed by atoms with Gasteiger partial charge in [-0.05, 0) is 6.42 Å². The zero-order valence-electron chi connectivity index (χ0n) is 4.96. The normalized spacial score (nSPS) is 28.8. The van der Waals surface area contributed by atoms with Gasteiger partial charge in [0.15, 0.2) is 5.78 Å². The Kier molecular flexibility index (Phi) is 1.62. The average molecular weight is 128 g/mol. The summed E-state index contributed by atoms with van der Waals surface area (Å²) in [7, 11) is 0. The summed E-state index contributed by atoms with van der Waals surface area (Å²) < 4.78 is 0. The molecule has 0 unspecified atom stereocenters. The Morgan fingerprint density at radius 3 is 2.56 bits per heavy atom. The molecule has 0 amide bonds.